The van der Waals surface area contributed by atoms with Crippen LogP contribution in [0.2, 0.25) is 0 Å². The van der Waals surface area contributed by atoms with E-state index in [1.54, 1.807) is 38.1 Å². The molecule has 0 aromatic heterocycles. The molecule has 0 saturated carbocycles. The van der Waals surface area contributed by atoms with Gasteiger partial charge in [0.2, 0.25) is 0 Å². The Balaban J connectivity index is 2.28. The number of nitrogens with one attached hydrogen (secondary N) is 2. The van der Waals surface area contributed by atoms with Gasteiger partial charge in [0, 0.05) is 0 Å². The van der Waals surface area contributed by atoms with Crippen LogP contribution >= 0.6 is 0 Å². The zero-order valence-electron chi connectivity index (χ0n) is 16.6. The first-order valence-electron chi connectivity index (χ1n) is 9.28. The predicted octanol–water partition coefficient (Wildman–Crippen LogP) is 4.08. The Labute approximate surface area is 169 Å². The van der Waals surface area contributed by atoms with Crippen molar-refractivity contribution >= 4 is 29.3 Å². The van der Waals surface area contributed by atoms with Gasteiger partial charge in [0.05, 0.1) is 42.3 Å². The van der Waals surface area contributed by atoms with E-state index >= 15 is 0 Å². The number of hydrogen-bond donors (Lipinski definition) is 2. The molecule has 2 rings (SSSR count). The van der Waals surface area contributed by atoms with Crippen LogP contribution in [0.5, 0.6) is 5.75 Å². The summed E-state index contributed by atoms with van der Waals surface area (Å²) in [5.74, 6) is -0.669. The maximum atomic E-state index is 12.5. The second-order valence-corrected chi connectivity index (χ2v) is 5.71. The Hall–Kier alpha value is -3.55. The van der Waals surface area contributed by atoms with Crippen molar-refractivity contribution in [2.24, 2.45) is 0 Å². The summed E-state index contributed by atoms with van der Waals surface area (Å²) in [5.41, 5.74) is 0.907. The number of para-hydroxylation sites is 2. The van der Waals surface area contributed by atoms with Crippen LogP contribution in [0.25, 0.3) is 0 Å². The number of anilines is 2. The Morgan fingerprint density at radius 2 is 1.45 bits per heavy atom. The molecule has 0 aliphatic heterocycles. The summed E-state index contributed by atoms with van der Waals surface area (Å²) in [7, 11) is 0. The maximum Gasteiger partial charge on any atom is 0.340 e. The highest BCUT2D eigenvalue weighted by Crippen LogP contribution is 2.25. The minimum absolute atomic E-state index is 0.119. The molecule has 0 fully saturated rings. The normalized spacial score (nSPS) is 10.0. The summed E-state index contributed by atoms with van der Waals surface area (Å²) >= 11 is 0. The van der Waals surface area contributed by atoms with Gasteiger partial charge in [-0.05, 0) is 51.1 Å². The molecule has 154 valence electrons. The predicted molar refractivity (Wildman–Crippen MR) is 109 cm³/mol. The van der Waals surface area contributed by atoms with Crippen molar-refractivity contribution in [1.82, 2.24) is 0 Å². The van der Waals surface area contributed by atoms with Gasteiger partial charge >= 0.3 is 18.0 Å². The van der Waals surface area contributed by atoms with Crippen LogP contribution in [0.15, 0.2) is 42.5 Å². The van der Waals surface area contributed by atoms with Gasteiger partial charge in [-0.25, -0.2) is 14.4 Å². The first-order chi connectivity index (χ1) is 14.0. The second kappa shape index (κ2) is 10.7. The fourth-order valence-corrected chi connectivity index (χ4v) is 2.50. The fraction of sp³-hybridized carbons (Fsp3) is 0.286. The number of rotatable bonds is 8. The molecule has 0 spiro atoms. The molecule has 2 aromatic rings. The number of hydrogen-bond acceptors (Lipinski definition) is 6. The van der Waals surface area contributed by atoms with Gasteiger partial charge in [-0.3, -0.25) is 0 Å². The molecule has 0 aliphatic rings. The Kier molecular flexibility index (Phi) is 8.02. The molecule has 0 saturated heterocycles. The summed E-state index contributed by atoms with van der Waals surface area (Å²) < 4.78 is 15.5. The third-order valence-corrected chi connectivity index (χ3v) is 3.71. The fourth-order valence-electron chi connectivity index (χ4n) is 2.50. The summed E-state index contributed by atoms with van der Waals surface area (Å²) in [6.45, 7) is 6.02. The smallest absolute Gasteiger partial charge is 0.340 e. The molecular formula is C21H24N2O6. The van der Waals surface area contributed by atoms with Gasteiger partial charge in [-0.1, -0.05) is 12.1 Å². The topological polar surface area (TPSA) is 103 Å². The van der Waals surface area contributed by atoms with Gasteiger partial charge in [-0.2, -0.15) is 0 Å². The van der Waals surface area contributed by atoms with Crippen LogP contribution in [0, 0.1) is 0 Å². The van der Waals surface area contributed by atoms with Crippen LogP contribution in [0.3, 0.4) is 0 Å². The molecule has 2 aromatic carbocycles. The minimum atomic E-state index is -0.618. The zero-order valence-corrected chi connectivity index (χ0v) is 16.6. The Morgan fingerprint density at radius 1 is 0.793 bits per heavy atom. The van der Waals surface area contributed by atoms with Crippen molar-refractivity contribution in [1.29, 1.82) is 0 Å². The monoisotopic (exact) mass is 400 g/mol. The molecule has 2 amide bonds. The van der Waals surface area contributed by atoms with Crippen LogP contribution in [0.1, 0.15) is 41.5 Å². The molecule has 8 heteroatoms. The van der Waals surface area contributed by atoms with E-state index in [1.807, 2.05) is 6.92 Å². The van der Waals surface area contributed by atoms with Crippen molar-refractivity contribution in [2.75, 3.05) is 30.5 Å². The highest BCUT2D eigenvalue weighted by Gasteiger charge is 2.18. The second-order valence-electron chi connectivity index (χ2n) is 5.71. The van der Waals surface area contributed by atoms with E-state index < -0.39 is 18.0 Å². The SMILES string of the molecule is CCOC(=O)c1ccc(C(=O)OCC)c(NC(=O)Nc2ccccc2OCC)c1. The van der Waals surface area contributed by atoms with Gasteiger partial charge in [0.25, 0.3) is 0 Å². The molecule has 0 atom stereocenters. The molecular weight excluding hydrogens is 376 g/mol. The number of urea groups is 1. The first kappa shape index (κ1) is 21.7. The number of ether oxygens (including phenoxy) is 3. The number of esters is 2. The van der Waals surface area contributed by atoms with Gasteiger partial charge in [0.1, 0.15) is 5.75 Å². The van der Waals surface area contributed by atoms with E-state index in [9.17, 15) is 14.4 Å². The van der Waals surface area contributed by atoms with Crippen LogP contribution < -0.4 is 15.4 Å². The van der Waals surface area contributed by atoms with E-state index in [1.165, 1.54) is 18.2 Å². The van der Waals surface area contributed by atoms with Crippen molar-refractivity contribution in [3.8, 4) is 5.75 Å². The van der Waals surface area contributed by atoms with Crippen molar-refractivity contribution in [3.63, 3.8) is 0 Å². The third kappa shape index (κ3) is 5.97. The van der Waals surface area contributed by atoms with E-state index in [2.05, 4.69) is 10.6 Å². The number of benzene rings is 2. The lowest BCUT2D eigenvalue weighted by Crippen LogP contribution is -2.22. The molecule has 0 heterocycles. The zero-order chi connectivity index (χ0) is 21.2. The summed E-state index contributed by atoms with van der Waals surface area (Å²) in [6, 6.07) is 10.6. The lowest BCUT2D eigenvalue weighted by atomic mass is 10.1. The first-order valence-corrected chi connectivity index (χ1v) is 9.28. The third-order valence-electron chi connectivity index (χ3n) is 3.71. The summed E-state index contributed by atoms with van der Waals surface area (Å²) in [5, 5.41) is 5.26. The minimum Gasteiger partial charge on any atom is -0.492 e. The molecule has 0 radical (unpaired) electrons. The molecule has 2 N–H and O–H groups in total. The Morgan fingerprint density at radius 3 is 2.14 bits per heavy atom. The highest BCUT2D eigenvalue weighted by molar-refractivity contribution is 6.06. The largest absolute Gasteiger partial charge is 0.492 e. The van der Waals surface area contributed by atoms with E-state index in [0.717, 1.165) is 0 Å². The molecule has 29 heavy (non-hydrogen) atoms. The van der Waals surface area contributed by atoms with Gasteiger partial charge in [-0.15, -0.1) is 0 Å². The molecule has 0 aliphatic carbocycles. The standard InChI is InChI=1S/C21H24N2O6/c1-4-27-18-10-8-7-9-16(18)22-21(26)23-17-13-14(19(24)28-5-2)11-12-15(17)20(25)29-6-3/h7-13H,4-6H2,1-3H3,(H2,22,23,26). The van der Waals surface area contributed by atoms with Gasteiger partial charge < -0.3 is 24.8 Å². The average Bonchev–Trinajstić information content (AvgIpc) is 2.70. The Bertz CT molecular complexity index is 881. The van der Waals surface area contributed by atoms with Crippen molar-refractivity contribution in [2.45, 2.75) is 20.8 Å². The maximum absolute atomic E-state index is 12.5. The summed E-state index contributed by atoms with van der Waals surface area (Å²) in [6.07, 6.45) is 0. The number of carbonyl (C=O) groups is 3. The van der Waals surface area contributed by atoms with E-state index in [4.69, 9.17) is 14.2 Å². The highest BCUT2D eigenvalue weighted by atomic mass is 16.5. The van der Waals surface area contributed by atoms with Crippen LogP contribution in [-0.4, -0.2) is 37.8 Å². The molecule has 0 unspecified atom stereocenters. The van der Waals surface area contributed by atoms with E-state index in [0.29, 0.717) is 18.0 Å². The number of carbonyl (C=O) groups excluding carboxylic acids is 3. The summed E-state index contributed by atoms with van der Waals surface area (Å²) in [4.78, 5) is 36.8. The van der Waals surface area contributed by atoms with Crippen LogP contribution in [-0.2, 0) is 9.47 Å². The number of amides is 2. The van der Waals surface area contributed by atoms with Crippen molar-refractivity contribution in [3.05, 3.63) is 53.6 Å². The van der Waals surface area contributed by atoms with Gasteiger partial charge in [0.15, 0.2) is 0 Å². The lowest BCUT2D eigenvalue weighted by Gasteiger charge is -2.14. The van der Waals surface area contributed by atoms with Crippen LogP contribution in [0.4, 0.5) is 16.2 Å². The quantitative estimate of drug-likeness (QED) is 0.647. The molecule has 8 nitrogen and oxygen atoms in total. The molecule has 0 bridgehead atoms. The van der Waals surface area contributed by atoms with Crippen molar-refractivity contribution < 1.29 is 28.6 Å². The van der Waals surface area contributed by atoms with E-state index in [-0.39, 0.29) is 30.0 Å². The lowest BCUT2D eigenvalue weighted by molar-refractivity contribution is 0.0512. The average molecular weight is 400 g/mol.